The minimum absolute atomic E-state index is 0.0169. The van der Waals surface area contributed by atoms with Gasteiger partial charge in [0, 0.05) is 49.9 Å². The quantitative estimate of drug-likeness (QED) is 0.659. The average molecular weight is 401 g/mol. The fourth-order valence-electron chi connectivity index (χ4n) is 3.20. The molecule has 1 saturated heterocycles. The van der Waals surface area contributed by atoms with Crippen LogP contribution in [0, 0.1) is 5.82 Å². The first-order valence-corrected chi connectivity index (χ1v) is 9.17. The maximum atomic E-state index is 13.4. The van der Waals surface area contributed by atoms with Crippen LogP contribution in [0.2, 0.25) is 5.02 Å². The lowest BCUT2D eigenvalue weighted by Crippen LogP contribution is -2.24. The van der Waals surface area contributed by atoms with Gasteiger partial charge in [0.05, 0.1) is 5.02 Å². The number of carbonyl (C=O) groups is 1. The van der Waals surface area contributed by atoms with Crippen molar-refractivity contribution in [2.45, 2.75) is 12.3 Å². The number of amides is 1. The predicted octanol–water partition coefficient (Wildman–Crippen LogP) is 4.12. The summed E-state index contributed by atoms with van der Waals surface area (Å²) in [5.74, 6) is 0.0905. The Kier molecular flexibility index (Phi) is 4.77. The van der Waals surface area contributed by atoms with E-state index in [1.54, 1.807) is 4.90 Å². The van der Waals surface area contributed by atoms with Gasteiger partial charge in [-0.3, -0.25) is 4.79 Å². The van der Waals surface area contributed by atoms with Crippen LogP contribution in [-0.2, 0) is 4.79 Å². The molecular formula is C20H18ClFN4O2. The minimum atomic E-state index is -0.517. The number of rotatable bonds is 4. The molecule has 2 heterocycles. The first-order valence-electron chi connectivity index (χ1n) is 8.79. The highest BCUT2D eigenvalue weighted by atomic mass is 35.5. The summed E-state index contributed by atoms with van der Waals surface area (Å²) in [4.78, 5) is 20.5. The predicted molar refractivity (Wildman–Crippen MR) is 105 cm³/mol. The van der Waals surface area contributed by atoms with Crippen molar-refractivity contribution in [3.63, 3.8) is 0 Å². The van der Waals surface area contributed by atoms with Crippen LogP contribution in [0.3, 0.4) is 0 Å². The van der Waals surface area contributed by atoms with E-state index in [1.807, 2.05) is 43.3 Å². The van der Waals surface area contributed by atoms with Crippen molar-refractivity contribution in [2.24, 2.45) is 0 Å². The molecule has 1 aliphatic rings. The van der Waals surface area contributed by atoms with E-state index in [0.717, 1.165) is 11.3 Å². The summed E-state index contributed by atoms with van der Waals surface area (Å²) < 4.78 is 18.8. The van der Waals surface area contributed by atoms with E-state index in [4.69, 9.17) is 16.1 Å². The van der Waals surface area contributed by atoms with E-state index in [2.05, 4.69) is 10.1 Å². The topological polar surface area (TPSA) is 62.5 Å². The highest BCUT2D eigenvalue weighted by molar-refractivity contribution is 6.31. The molecule has 0 radical (unpaired) electrons. The number of benzene rings is 2. The van der Waals surface area contributed by atoms with Crippen LogP contribution < -0.4 is 9.80 Å². The largest absolute Gasteiger partial charge is 0.378 e. The lowest BCUT2D eigenvalue weighted by molar-refractivity contribution is -0.117. The van der Waals surface area contributed by atoms with Crippen molar-refractivity contribution in [1.82, 2.24) is 10.1 Å². The second-order valence-electron chi connectivity index (χ2n) is 6.90. The summed E-state index contributed by atoms with van der Waals surface area (Å²) in [6.07, 6.45) is 0.257. The lowest BCUT2D eigenvalue weighted by Gasteiger charge is -2.16. The fourth-order valence-corrected chi connectivity index (χ4v) is 3.38. The first kappa shape index (κ1) is 18.4. The molecule has 4 rings (SSSR count). The second-order valence-corrected chi connectivity index (χ2v) is 7.31. The van der Waals surface area contributed by atoms with E-state index in [1.165, 1.54) is 18.2 Å². The molecule has 144 valence electrons. The zero-order valence-electron chi connectivity index (χ0n) is 15.4. The molecule has 0 N–H and O–H groups in total. The van der Waals surface area contributed by atoms with Gasteiger partial charge in [-0.2, -0.15) is 4.98 Å². The molecule has 1 aromatic heterocycles. The average Bonchev–Trinajstić information content (AvgIpc) is 3.31. The summed E-state index contributed by atoms with van der Waals surface area (Å²) in [6, 6.07) is 12.0. The highest BCUT2D eigenvalue weighted by Gasteiger charge is 2.34. The second kappa shape index (κ2) is 7.24. The molecule has 28 heavy (non-hydrogen) atoms. The number of nitrogens with zero attached hydrogens (tertiary/aromatic N) is 4. The molecule has 8 heteroatoms. The number of hydrogen-bond donors (Lipinski definition) is 0. The van der Waals surface area contributed by atoms with Gasteiger partial charge in [-0.25, -0.2) is 4.39 Å². The van der Waals surface area contributed by atoms with Gasteiger partial charge in [-0.1, -0.05) is 16.8 Å². The number of carbonyl (C=O) groups excluding carboxylic acids is 1. The maximum Gasteiger partial charge on any atom is 0.257 e. The highest BCUT2D eigenvalue weighted by Crippen LogP contribution is 2.33. The molecule has 0 bridgehead atoms. The third kappa shape index (κ3) is 3.45. The van der Waals surface area contributed by atoms with Gasteiger partial charge in [0.1, 0.15) is 5.82 Å². The van der Waals surface area contributed by atoms with Gasteiger partial charge < -0.3 is 14.3 Å². The molecule has 0 spiro atoms. The lowest BCUT2D eigenvalue weighted by atomic mass is 10.1. The Morgan fingerprint density at radius 2 is 1.96 bits per heavy atom. The van der Waals surface area contributed by atoms with Crippen LogP contribution in [0.1, 0.15) is 18.2 Å². The van der Waals surface area contributed by atoms with E-state index < -0.39 is 5.82 Å². The van der Waals surface area contributed by atoms with Crippen LogP contribution >= 0.6 is 11.6 Å². The molecule has 0 aliphatic carbocycles. The van der Waals surface area contributed by atoms with Crippen molar-refractivity contribution in [1.29, 1.82) is 0 Å². The normalized spacial score (nSPS) is 16.6. The summed E-state index contributed by atoms with van der Waals surface area (Å²) in [7, 11) is 3.94. The van der Waals surface area contributed by atoms with E-state index in [-0.39, 0.29) is 23.3 Å². The van der Waals surface area contributed by atoms with Crippen molar-refractivity contribution >= 4 is 28.9 Å². The van der Waals surface area contributed by atoms with Crippen molar-refractivity contribution < 1.29 is 13.7 Å². The summed E-state index contributed by atoms with van der Waals surface area (Å²) in [6.45, 7) is 0.388. The number of halogens is 2. The number of hydrogen-bond acceptors (Lipinski definition) is 5. The Morgan fingerprint density at radius 3 is 2.64 bits per heavy atom. The fraction of sp³-hybridized carbons (Fsp3) is 0.250. The minimum Gasteiger partial charge on any atom is -0.378 e. The van der Waals surface area contributed by atoms with Crippen molar-refractivity contribution in [3.05, 3.63) is 59.1 Å². The van der Waals surface area contributed by atoms with Gasteiger partial charge in [-0.05, 0) is 42.5 Å². The van der Waals surface area contributed by atoms with Crippen LogP contribution in [0.4, 0.5) is 15.8 Å². The summed E-state index contributed by atoms with van der Waals surface area (Å²) >= 11 is 5.84. The Balaban J connectivity index is 1.53. The van der Waals surface area contributed by atoms with Crippen LogP contribution in [0.5, 0.6) is 0 Å². The first-order chi connectivity index (χ1) is 13.4. The molecular weight excluding hydrogens is 383 g/mol. The van der Waals surface area contributed by atoms with Crippen LogP contribution in [0.25, 0.3) is 11.5 Å². The molecule has 0 saturated carbocycles. The standard InChI is InChI=1S/C20H18ClFN4O2/c1-25(2)14-5-3-12(4-6-14)20-23-19(24-28-20)13-9-18(27)26(11-13)15-7-8-17(22)16(21)10-15/h3-8,10,13H,9,11H2,1-2H3. The zero-order valence-corrected chi connectivity index (χ0v) is 16.2. The van der Waals surface area contributed by atoms with E-state index in [0.29, 0.717) is 23.9 Å². The third-order valence-electron chi connectivity index (χ3n) is 4.78. The van der Waals surface area contributed by atoms with Gasteiger partial charge in [-0.15, -0.1) is 0 Å². The molecule has 2 aromatic carbocycles. The molecule has 3 aromatic rings. The van der Waals surface area contributed by atoms with Crippen LogP contribution in [0.15, 0.2) is 47.0 Å². The van der Waals surface area contributed by atoms with Gasteiger partial charge in [0.2, 0.25) is 5.91 Å². The van der Waals surface area contributed by atoms with Crippen molar-refractivity contribution in [3.8, 4) is 11.5 Å². The number of anilines is 2. The van der Waals surface area contributed by atoms with E-state index >= 15 is 0 Å². The monoisotopic (exact) mass is 400 g/mol. The molecule has 1 unspecified atom stereocenters. The molecule has 1 atom stereocenters. The zero-order chi connectivity index (χ0) is 19.8. The van der Waals surface area contributed by atoms with Gasteiger partial charge >= 0.3 is 0 Å². The molecule has 1 fully saturated rings. The summed E-state index contributed by atoms with van der Waals surface area (Å²) in [5.41, 5.74) is 2.44. The number of aromatic nitrogens is 2. The maximum absolute atomic E-state index is 13.4. The summed E-state index contributed by atoms with van der Waals surface area (Å²) in [5, 5.41) is 4.05. The van der Waals surface area contributed by atoms with Gasteiger partial charge in [0.25, 0.3) is 5.89 Å². The van der Waals surface area contributed by atoms with Crippen LogP contribution in [-0.4, -0.2) is 36.7 Å². The Morgan fingerprint density at radius 1 is 1.21 bits per heavy atom. The van der Waals surface area contributed by atoms with E-state index in [9.17, 15) is 9.18 Å². The SMILES string of the molecule is CN(C)c1ccc(-c2nc(C3CC(=O)N(c4ccc(F)c(Cl)c4)C3)no2)cc1. The smallest absolute Gasteiger partial charge is 0.257 e. The Bertz CT molecular complexity index is 1020. The Hall–Kier alpha value is -2.93. The van der Waals surface area contributed by atoms with Crippen molar-refractivity contribution in [2.75, 3.05) is 30.4 Å². The molecule has 1 aliphatic heterocycles. The molecule has 6 nitrogen and oxygen atoms in total. The Labute approximate surface area is 166 Å². The van der Waals surface area contributed by atoms with Gasteiger partial charge in [0.15, 0.2) is 5.82 Å². The third-order valence-corrected chi connectivity index (χ3v) is 5.07. The molecule has 1 amide bonds.